The Morgan fingerprint density at radius 1 is 1.10 bits per heavy atom. The Labute approximate surface area is 166 Å². The molecule has 2 aromatic rings. The zero-order valence-electron chi connectivity index (χ0n) is 15.1. The van der Waals surface area contributed by atoms with Crippen LogP contribution in [0.5, 0.6) is 0 Å². The lowest BCUT2D eigenvalue weighted by molar-refractivity contribution is -0.328. The molecule has 1 aromatic heterocycles. The third-order valence-corrected chi connectivity index (χ3v) is 4.86. The molecule has 2 amide bonds. The molecule has 7 nitrogen and oxygen atoms in total. The number of halogens is 4. The molecule has 2 rings (SSSR count). The molecular formula is C17H19F4N3O4S. The largest absolute Gasteiger partial charge is 0.453 e. The SMILES string of the molecule is O=C(CCCCCCNC(=O)C(O)(O)C(F)(F)F)Nc1nc2ccc(F)cc2s1. The topological polar surface area (TPSA) is 112 Å². The number of amides is 2. The van der Waals surface area contributed by atoms with Gasteiger partial charge >= 0.3 is 12.0 Å². The molecule has 0 bridgehead atoms. The monoisotopic (exact) mass is 437 g/mol. The Bertz CT molecular complexity index is 870. The summed E-state index contributed by atoms with van der Waals surface area (Å²) in [5, 5.41) is 22.3. The van der Waals surface area contributed by atoms with Crippen LogP contribution >= 0.6 is 11.3 Å². The number of carbonyl (C=O) groups is 2. The fraction of sp³-hybridized carbons (Fsp3) is 0.471. The maximum Gasteiger partial charge on any atom is 0.453 e. The fourth-order valence-corrected chi connectivity index (χ4v) is 3.26. The molecular weight excluding hydrogens is 418 g/mol. The molecule has 1 heterocycles. The second-order valence-electron chi connectivity index (χ2n) is 6.27. The van der Waals surface area contributed by atoms with E-state index in [2.05, 4.69) is 10.3 Å². The summed E-state index contributed by atoms with van der Waals surface area (Å²) in [6.07, 6.45) is -3.37. The first-order chi connectivity index (χ1) is 13.5. The molecule has 0 spiro atoms. The Morgan fingerprint density at radius 3 is 2.48 bits per heavy atom. The number of aromatic nitrogens is 1. The van der Waals surface area contributed by atoms with Crippen LogP contribution in [0.1, 0.15) is 32.1 Å². The van der Waals surface area contributed by atoms with Gasteiger partial charge in [-0.2, -0.15) is 13.2 Å². The third kappa shape index (κ3) is 6.34. The number of nitrogens with one attached hydrogen (secondary N) is 2. The quantitative estimate of drug-likeness (QED) is 0.274. The molecule has 1 aromatic carbocycles. The molecule has 0 radical (unpaired) electrons. The van der Waals surface area contributed by atoms with Crippen molar-refractivity contribution < 1.29 is 37.4 Å². The Kier molecular flexibility index (Phi) is 7.49. The lowest BCUT2D eigenvalue weighted by atomic mass is 10.1. The van der Waals surface area contributed by atoms with Gasteiger partial charge in [0.1, 0.15) is 5.82 Å². The van der Waals surface area contributed by atoms with Crippen LogP contribution in [0.4, 0.5) is 22.7 Å². The van der Waals surface area contributed by atoms with E-state index in [-0.39, 0.29) is 18.9 Å². The van der Waals surface area contributed by atoms with E-state index in [1.165, 1.54) is 18.2 Å². The van der Waals surface area contributed by atoms with Crippen molar-refractivity contribution in [2.45, 2.75) is 44.1 Å². The van der Waals surface area contributed by atoms with Crippen molar-refractivity contribution in [1.29, 1.82) is 0 Å². The van der Waals surface area contributed by atoms with Crippen molar-refractivity contribution in [1.82, 2.24) is 10.3 Å². The number of anilines is 1. The predicted octanol–water partition coefficient (Wildman–Crippen LogP) is 2.68. The number of thiazole rings is 1. The van der Waals surface area contributed by atoms with Crippen LogP contribution in [0.15, 0.2) is 18.2 Å². The highest BCUT2D eigenvalue weighted by molar-refractivity contribution is 7.22. The van der Waals surface area contributed by atoms with Gasteiger partial charge in [0.2, 0.25) is 5.91 Å². The van der Waals surface area contributed by atoms with Crippen LogP contribution in [0.3, 0.4) is 0 Å². The Morgan fingerprint density at radius 2 is 1.79 bits per heavy atom. The van der Waals surface area contributed by atoms with E-state index in [1.807, 2.05) is 0 Å². The molecule has 0 aliphatic rings. The molecule has 0 atom stereocenters. The zero-order chi connectivity index (χ0) is 21.7. The van der Waals surface area contributed by atoms with Crippen molar-refractivity contribution in [3.8, 4) is 0 Å². The van der Waals surface area contributed by atoms with Crippen molar-refractivity contribution >= 4 is 38.5 Å². The van der Waals surface area contributed by atoms with Gasteiger partial charge in [0.05, 0.1) is 10.2 Å². The highest BCUT2D eigenvalue weighted by Gasteiger charge is 2.58. The summed E-state index contributed by atoms with van der Waals surface area (Å²) in [6, 6.07) is 4.12. The second-order valence-corrected chi connectivity index (χ2v) is 7.30. The summed E-state index contributed by atoms with van der Waals surface area (Å²) in [5.74, 6) is -7.01. The van der Waals surface area contributed by atoms with Gasteiger partial charge in [-0.15, -0.1) is 0 Å². The molecule has 0 fully saturated rings. The van der Waals surface area contributed by atoms with Crippen molar-refractivity contribution in [2.24, 2.45) is 0 Å². The number of aliphatic hydroxyl groups is 2. The van der Waals surface area contributed by atoms with E-state index in [0.717, 1.165) is 11.3 Å². The van der Waals surface area contributed by atoms with Gasteiger partial charge in [-0.05, 0) is 31.0 Å². The van der Waals surface area contributed by atoms with Crippen LogP contribution in [-0.4, -0.2) is 45.5 Å². The molecule has 12 heteroatoms. The third-order valence-electron chi connectivity index (χ3n) is 3.92. The van der Waals surface area contributed by atoms with Crippen LogP contribution < -0.4 is 10.6 Å². The molecule has 0 saturated carbocycles. The summed E-state index contributed by atoms with van der Waals surface area (Å²) in [7, 11) is 0. The number of nitrogens with zero attached hydrogens (tertiary/aromatic N) is 1. The molecule has 4 N–H and O–H groups in total. The summed E-state index contributed by atoms with van der Waals surface area (Å²) >= 11 is 1.15. The summed E-state index contributed by atoms with van der Waals surface area (Å²) in [4.78, 5) is 27.2. The van der Waals surface area contributed by atoms with Gasteiger partial charge in [0.25, 0.3) is 5.91 Å². The Hall–Kier alpha value is -2.31. The van der Waals surface area contributed by atoms with E-state index in [0.29, 0.717) is 41.0 Å². The predicted molar refractivity (Wildman–Crippen MR) is 97.5 cm³/mol. The highest BCUT2D eigenvalue weighted by Crippen LogP contribution is 2.28. The van der Waals surface area contributed by atoms with Crippen molar-refractivity contribution in [2.75, 3.05) is 11.9 Å². The van der Waals surface area contributed by atoms with Gasteiger partial charge < -0.3 is 20.8 Å². The summed E-state index contributed by atoms with van der Waals surface area (Å²) in [6.45, 7) is -0.160. The number of carbonyl (C=O) groups excluding carboxylic acids is 2. The second kappa shape index (κ2) is 9.46. The maximum absolute atomic E-state index is 13.2. The molecule has 0 aliphatic heterocycles. The van der Waals surface area contributed by atoms with E-state index >= 15 is 0 Å². The molecule has 0 saturated heterocycles. The number of alkyl halides is 3. The average Bonchev–Trinajstić information content (AvgIpc) is 3.00. The van der Waals surface area contributed by atoms with Crippen LogP contribution in [0.25, 0.3) is 10.2 Å². The van der Waals surface area contributed by atoms with Crippen molar-refractivity contribution in [3.63, 3.8) is 0 Å². The first-order valence-corrected chi connectivity index (χ1v) is 9.48. The van der Waals surface area contributed by atoms with Crippen molar-refractivity contribution in [3.05, 3.63) is 24.0 Å². The first-order valence-electron chi connectivity index (χ1n) is 8.66. The maximum atomic E-state index is 13.2. The number of fused-ring (bicyclic) bond motifs is 1. The zero-order valence-corrected chi connectivity index (χ0v) is 15.9. The number of hydrogen-bond donors (Lipinski definition) is 4. The first kappa shape index (κ1) is 23.0. The van der Waals surface area contributed by atoms with Gasteiger partial charge in [0, 0.05) is 13.0 Å². The highest BCUT2D eigenvalue weighted by atomic mass is 32.1. The average molecular weight is 437 g/mol. The van der Waals surface area contributed by atoms with Crippen LogP contribution in [0.2, 0.25) is 0 Å². The number of rotatable bonds is 9. The normalized spacial score (nSPS) is 12.2. The molecule has 0 unspecified atom stereocenters. The van der Waals surface area contributed by atoms with E-state index in [9.17, 15) is 27.2 Å². The standard InChI is InChI=1S/C17H19F4N3O4S/c18-10-6-7-11-12(9-10)29-15(23-11)24-13(25)5-3-1-2-4-8-22-14(26)16(27,28)17(19,20)21/h6-7,9,27-28H,1-5,8H2,(H,22,26)(H,23,24,25). The van der Waals surface area contributed by atoms with E-state index < -0.39 is 23.7 Å². The van der Waals surface area contributed by atoms with Crippen LogP contribution in [0, 0.1) is 5.82 Å². The van der Waals surface area contributed by atoms with Gasteiger partial charge in [-0.25, -0.2) is 9.37 Å². The summed E-state index contributed by atoms with van der Waals surface area (Å²) in [5.41, 5.74) is 0.578. The minimum Gasteiger partial charge on any atom is -0.351 e. The lowest BCUT2D eigenvalue weighted by Gasteiger charge is -2.22. The number of unbranched alkanes of at least 4 members (excludes halogenated alkanes) is 3. The van der Waals surface area contributed by atoms with Gasteiger partial charge in [0.15, 0.2) is 5.13 Å². The lowest BCUT2D eigenvalue weighted by Crippen LogP contribution is -2.57. The number of benzene rings is 1. The Balaban J connectivity index is 1.61. The molecule has 0 aliphatic carbocycles. The van der Waals surface area contributed by atoms with E-state index in [4.69, 9.17) is 10.2 Å². The van der Waals surface area contributed by atoms with Crippen LogP contribution in [-0.2, 0) is 9.59 Å². The minimum absolute atomic E-state index is 0.160. The van der Waals surface area contributed by atoms with Gasteiger partial charge in [-0.1, -0.05) is 24.2 Å². The number of hydrogen-bond acceptors (Lipinski definition) is 6. The minimum atomic E-state index is -5.48. The fourth-order valence-electron chi connectivity index (χ4n) is 2.35. The molecule has 160 valence electrons. The van der Waals surface area contributed by atoms with E-state index in [1.54, 1.807) is 5.32 Å². The van der Waals surface area contributed by atoms with Gasteiger partial charge in [-0.3, -0.25) is 9.59 Å². The molecule has 29 heavy (non-hydrogen) atoms. The smallest absolute Gasteiger partial charge is 0.351 e. The summed E-state index contributed by atoms with van der Waals surface area (Å²) < 4.78 is 50.5.